The molecule has 1 amide bonds. The molecule has 0 radical (unpaired) electrons. The zero-order chi connectivity index (χ0) is 22.2. The number of amides is 1. The van der Waals surface area contributed by atoms with Crippen molar-refractivity contribution in [1.29, 1.82) is 0 Å². The fraction of sp³-hybridized carbons (Fsp3) is 0.304. The normalized spacial score (nSPS) is 11.1. The van der Waals surface area contributed by atoms with Gasteiger partial charge in [-0.05, 0) is 35.4 Å². The van der Waals surface area contributed by atoms with Crippen LogP contribution in [-0.4, -0.2) is 42.5 Å². The number of hydrogen-bond donors (Lipinski definition) is 2. The smallest absolute Gasteiger partial charge is 0.257 e. The first-order valence-electron chi connectivity index (χ1n) is 9.89. The lowest BCUT2D eigenvalue weighted by Crippen LogP contribution is -2.30. The van der Waals surface area contributed by atoms with Gasteiger partial charge in [0.15, 0.2) is 0 Å². The monoisotopic (exact) mass is 444 g/mol. The number of pyridine rings is 1. The number of aliphatic hydroxyl groups excluding tert-OH is 1. The summed E-state index contributed by atoms with van der Waals surface area (Å²) in [5.74, 6) is -0.467. The summed E-state index contributed by atoms with van der Waals surface area (Å²) >= 11 is 5.89. The number of carbonyl (C=O) groups excluding carboxylic acids is 1. The van der Waals surface area contributed by atoms with E-state index in [0.29, 0.717) is 47.9 Å². The maximum absolute atomic E-state index is 13.0. The summed E-state index contributed by atoms with van der Waals surface area (Å²) in [4.78, 5) is 25.9. The largest absolute Gasteiger partial charge is 0.392 e. The van der Waals surface area contributed by atoms with Crippen molar-refractivity contribution in [3.63, 3.8) is 0 Å². The van der Waals surface area contributed by atoms with Crippen LogP contribution in [0.2, 0.25) is 5.02 Å². The number of benzene rings is 2. The average molecular weight is 445 g/mol. The van der Waals surface area contributed by atoms with Crippen LogP contribution in [0.25, 0.3) is 10.9 Å². The van der Waals surface area contributed by atoms with E-state index < -0.39 is 5.91 Å². The maximum atomic E-state index is 13.0. The number of fused-ring (bicyclic) bond motifs is 1. The van der Waals surface area contributed by atoms with Crippen LogP contribution in [-0.2, 0) is 29.2 Å². The Balaban J connectivity index is 1.87. The standard InChI is InChI=1S/C23H25ClN2O5/c1-30-10-11-31-9-8-26-14-20(22(28)19-12-17(15-27)4-7-21(19)26)23(29)25-13-16-2-5-18(24)6-3-16/h2-7,12,14,27H,8-11,13,15H2,1H3,(H,25,29). The van der Waals surface area contributed by atoms with Crippen LogP contribution in [0.3, 0.4) is 0 Å². The first kappa shape index (κ1) is 23.0. The van der Waals surface area contributed by atoms with E-state index in [1.807, 2.05) is 16.7 Å². The van der Waals surface area contributed by atoms with Gasteiger partial charge in [-0.3, -0.25) is 9.59 Å². The predicted molar refractivity (Wildman–Crippen MR) is 119 cm³/mol. The summed E-state index contributed by atoms with van der Waals surface area (Å²) in [5, 5.41) is 13.2. The minimum absolute atomic E-state index is 0.0356. The van der Waals surface area contributed by atoms with E-state index in [1.165, 1.54) is 0 Å². The minimum atomic E-state index is -0.467. The second-order valence-electron chi connectivity index (χ2n) is 6.99. The molecule has 0 aliphatic carbocycles. The fourth-order valence-electron chi connectivity index (χ4n) is 3.18. The number of aromatic nitrogens is 1. The van der Waals surface area contributed by atoms with Gasteiger partial charge in [0.05, 0.1) is 31.9 Å². The molecule has 2 aromatic carbocycles. The lowest BCUT2D eigenvalue weighted by Gasteiger charge is -2.14. The zero-order valence-corrected chi connectivity index (χ0v) is 18.0. The van der Waals surface area contributed by atoms with Gasteiger partial charge in [0.1, 0.15) is 5.56 Å². The lowest BCUT2D eigenvalue weighted by atomic mass is 10.1. The SMILES string of the molecule is COCCOCCn1cc(C(=O)NCc2ccc(Cl)cc2)c(=O)c2cc(CO)ccc21. The number of hydrogen-bond acceptors (Lipinski definition) is 5. The van der Waals surface area contributed by atoms with Gasteiger partial charge in [-0.1, -0.05) is 29.8 Å². The topological polar surface area (TPSA) is 89.8 Å². The third kappa shape index (κ3) is 5.92. The van der Waals surface area contributed by atoms with Gasteiger partial charge in [-0.15, -0.1) is 0 Å². The molecule has 2 N–H and O–H groups in total. The van der Waals surface area contributed by atoms with Gasteiger partial charge in [-0.25, -0.2) is 0 Å². The number of nitrogens with zero attached hydrogens (tertiary/aromatic N) is 1. The molecule has 0 unspecified atom stereocenters. The molecule has 3 aromatic rings. The van der Waals surface area contributed by atoms with Crippen LogP contribution in [0.1, 0.15) is 21.5 Å². The van der Waals surface area contributed by atoms with Crippen LogP contribution in [0.5, 0.6) is 0 Å². The van der Waals surface area contributed by atoms with E-state index in [0.717, 1.165) is 5.56 Å². The maximum Gasteiger partial charge on any atom is 0.257 e. The van der Waals surface area contributed by atoms with Crippen LogP contribution in [0.15, 0.2) is 53.5 Å². The molecule has 1 aromatic heterocycles. The molecule has 0 atom stereocenters. The molecule has 0 bridgehead atoms. The first-order chi connectivity index (χ1) is 15.0. The third-order valence-corrected chi connectivity index (χ3v) is 5.10. The summed E-state index contributed by atoms with van der Waals surface area (Å²) in [5.41, 5.74) is 1.80. The molecule has 1 heterocycles. The molecular weight excluding hydrogens is 420 g/mol. The molecule has 3 rings (SSSR count). The highest BCUT2D eigenvalue weighted by Gasteiger charge is 2.16. The van der Waals surface area contributed by atoms with Crippen molar-refractivity contribution >= 4 is 28.4 Å². The number of halogens is 1. The molecule has 7 nitrogen and oxygen atoms in total. The molecule has 0 spiro atoms. The van der Waals surface area contributed by atoms with Crippen LogP contribution < -0.4 is 10.7 Å². The number of rotatable bonds is 10. The third-order valence-electron chi connectivity index (χ3n) is 4.85. The van der Waals surface area contributed by atoms with Crippen molar-refractivity contribution in [3.8, 4) is 0 Å². The Bertz CT molecular complexity index is 1100. The average Bonchev–Trinajstić information content (AvgIpc) is 2.79. The molecule has 0 fully saturated rings. The van der Waals surface area contributed by atoms with Gasteiger partial charge < -0.3 is 24.5 Å². The van der Waals surface area contributed by atoms with Crippen LogP contribution in [0.4, 0.5) is 0 Å². The van der Waals surface area contributed by atoms with Gasteiger partial charge in [0.2, 0.25) is 5.43 Å². The highest BCUT2D eigenvalue weighted by molar-refractivity contribution is 6.30. The molecule has 0 aliphatic rings. The van der Waals surface area contributed by atoms with E-state index in [2.05, 4.69) is 5.32 Å². The molecule has 0 saturated carbocycles. The molecule has 164 valence electrons. The zero-order valence-electron chi connectivity index (χ0n) is 17.3. The summed E-state index contributed by atoms with van der Waals surface area (Å²) in [6.45, 7) is 1.87. The van der Waals surface area contributed by atoms with Crippen LogP contribution >= 0.6 is 11.6 Å². The van der Waals surface area contributed by atoms with Gasteiger partial charge in [-0.2, -0.15) is 0 Å². The Morgan fingerprint density at radius 2 is 1.84 bits per heavy atom. The van der Waals surface area contributed by atoms with Crippen LogP contribution in [0, 0.1) is 0 Å². The van der Waals surface area contributed by atoms with Crippen molar-refractivity contribution in [1.82, 2.24) is 9.88 Å². The number of aliphatic hydroxyl groups is 1. The van der Waals surface area contributed by atoms with Crippen molar-refractivity contribution in [2.24, 2.45) is 0 Å². The molecule has 0 saturated heterocycles. The highest BCUT2D eigenvalue weighted by Crippen LogP contribution is 2.15. The van der Waals surface area contributed by atoms with Crippen molar-refractivity contribution in [3.05, 3.63) is 80.6 Å². The van der Waals surface area contributed by atoms with E-state index in [4.69, 9.17) is 21.1 Å². The summed E-state index contributed by atoms with van der Waals surface area (Å²) in [6, 6.07) is 12.3. The Morgan fingerprint density at radius 3 is 2.55 bits per heavy atom. The Kier molecular flexibility index (Phi) is 8.20. The van der Waals surface area contributed by atoms with Crippen molar-refractivity contribution in [2.45, 2.75) is 19.7 Å². The number of methoxy groups -OCH3 is 1. The summed E-state index contributed by atoms with van der Waals surface area (Å²) < 4.78 is 12.3. The van der Waals surface area contributed by atoms with Crippen molar-refractivity contribution in [2.75, 3.05) is 26.9 Å². The van der Waals surface area contributed by atoms with Gasteiger partial charge in [0, 0.05) is 36.8 Å². The Hall–Kier alpha value is -2.71. The highest BCUT2D eigenvalue weighted by atomic mass is 35.5. The quantitative estimate of drug-likeness (QED) is 0.469. The number of carbonyl (C=O) groups is 1. The number of nitrogens with one attached hydrogen (secondary N) is 1. The molecular formula is C23H25ClN2O5. The molecule has 8 heteroatoms. The second-order valence-corrected chi connectivity index (χ2v) is 7.43. The van der Waals surface area contributed by atoms with Gasteiger partial charge in [0.25, 0.3) is 5.91 Å². The first-order valence-corrected chi connectivity index (χ1v) is 10.3. The Labute approximate surface area is 185 Å². The minimum Gasteiger partial charge on any atom is -0.392 e. The van der Waals surface area contributed by atoms with E-state index in [1.54, 1.807) is 43.6 Å². The fourth-order valence-corrected chi connectivity index (χ4v) is 3.30. The summed E-state index contributed by atoms with van der Waals surface area (Å²) in [7, 11) is 1.60. The lowest BCUT2D eigenvalue weighted by molar-refractivity contribution is 0.0669. The van der Waals surface area contributed by atoms with Crippen molar-refractivity contribution < 1.29 is 19.4 Å². The molecule has 31 heavy (non-hydrogen) atoms. The van der Waals surface area contributed by atoms with E-state index in [9.17, 15) is 14.7 Å². The molecule has 0 aliphatic heterocycles. The summed E-state index contributed by atoms with van der Waals surface area (Å²) in [6.07, 6.45) is 1.56. The second kappa shape index (κ2) is 11.1. The van der Waals surface area contributed by atoms with E-state index >= 15 is 0 Å². The number of ether oxygens (including phenoxy) is 2. The predicted octanol–water partition coefficient (Wildman–Crippen LogP) is 2.74. The van der Waals surface area contributed by atoms with Gasteiger partial charge >= 0.3 is 0 Å². The Morgan fingerprint density at radius 1 is 1.10 bits per heavy atom. The van der Waals surface area contributed by atoms with E-state index in [-0.39, 0.29) is 24.1 Å².